The van der Waals surface area contributed by atoms with E-state index >= 15 is 0 Å². The van der Waals surface area contributed by atoms with Crippen molar-refractivity contribution in [3.63, 3.8) is 0 Å². The van der Waals surface area contributed by atoms with Crippen molar-refractivity contribution in [2.45, 2.75) is 19.4 Å². The molecule has 1 fully saturated rings. The number of amides is 1. The molecule has 82 valence electrons. The first-order valence-corrected chi connectivity index (χ1v) is 5.53. The summed E-state index contributed by atoms with van der Waals surface area (Å²) in [7, 11) is 0. The lowest BCUT2D eigenvalue weighted by Crippen LogP contribution is -2.35. The summed E-state index contributed by atoms with van der Waals surface area (Å²) in [4.78, 5) is 17.1. The molecule has 1 aliphatic heterocycles. The monoisotopic (exact) mass is 227 g/mol. The van der Waals surface area contributed by atoms with Gasteiger partial charge in [-0.3, -0.25) is 4.79 Å². The molecular weight excluding hydrogens is 214 g/mol. The summed E-state index contributed by atoms with van der Waals surface area (Å²) in [6.07, 6.45) is 0.944. The maximum Gasteiger partial charge on any atom is 0.233 e. The average molecular weight is 227 g/mol. The van der Waals surface area contributed by atoms with Crippen molar-refractivity contribution >= 4 is 28.5 Å². The van der Waals surface area contributed by atoms with Crippen LogP contribution in [0.3, 0.4) is 0 Å². The zero-order valence-corrected chi connectivity index (χ0v) is 9.25. The van der Waals surface area contributed by atoms with Crippen molar-refractivity contribution in [3.8, 4) is 0 Å². The van der Waals surface area contributed by atoms with E-state index in [9.17, 15) is 4.79 Å². The number of nitrogens with two attached hydrogens (primary N) is 1. The molecular formula is C8H13N5OS. The van der Waals surface area contributed by atoms with Gasteiger partial charge >= 0.3 is 0 Å². The first-order valence-electron chi connectivity index (χ1n) is 4.76. The second-order valence-corrected chi connectivity index (χ2v) is 4.30. The highest BCUT2D eigenvalue weighted by atomic mass is 32.1. The summed E-state index contributed by atoms with van der Waals surface area (Å²) in [6, 6.07) is 0.215. The molecule has 3 N–H and O–H groups in total. The first kappa shape index (κ1) is 10.2. The Bertz CT molecular complexity index is 366. The average Bonchev–Trinajstić information content (AvgIpc) is 2.72. The van der Waals surface area contributed by atoms with Crippen LogP contribution in [0.5, 0.6) is 0 Å². The van der Waals surface area contributed by atoms with Gasteiger partial charge in [-0.25, -0.2) is 0 Å². The molecule has 1 aliphatic rings. The molecule has 1 aromatic rings. The topological polar surface area (TPSA) is 84.1 Å². The van der Waals surface area contributed by atoms with Gasteiger partial charge in [-0.2, -0.15) is 9.36 Å². The minimum absolute atomic E-state index is 0.0126. The van der Waals surface area contributed by atoms with Gasteiger partial charge < -0.3 is 16.0 Å². The van der Waals surface area contributed by atoms with Crippen LogP contribution in [0.15, 0.2) is 0 Å². The number of carbonyl (C=O) groups excluding carboxylic acids is 1. The number of carbonyl (C=O) groups is 1. The molecule has 0 aliphatic carbocycles. The number of nitrogens with zero attached hydrogens (tertiary/aromatic N) is 3. The predicted octanol–water partition coefficient (Wildman–Crippen LogP) is -0.165. The van der Waals surface area contributed by atoms with Crippen LogP contribution < -0.4 is 16.0 Å². The molecule has 1 atom stereocenters. The minimum atomic E-state index is 0.0126. The number of anilines is 2. The van der Waals surface area contributed by atoms with Gasteiger partial charge in [0.2, 0.25) is 17.0 Å². The molecule has 7 heteroatoms. The third-order valence-corrected chi connectivity index (χ3v) is 3.09. The highest BCUT2D eigenvalue weighted by molar-refractivity contribution is 7.09. The number of aromatic nitrogens is 2. The summed E-state index contributed by atoms with van der Waals surface area (Å²) in [5, 5.41) is 3.73. The standard InChI is InChI=1S/C8H13N5OS/c1-5(14)10-6-2-3-13(4-6)8-11-7(9)12-15-8/h6H,2-4H2,1H3,(H2,9,12)(H,10,14). The zero-order chi connectivity index (χ0) is 10.8. The molecule has 0 radical (unpaired) electrons. The van der Waals surface area contributed by atoms with Gasteiger partial charge in [0.25, 0.3) is 0 Å². The summed E-state index contributed by atoms with van der Waals surface area (Å²) in [5.41, 5.74) is 5.45. The first-order chi connectivity index (χ1) is 7.15. The van der Waals surface area contributed by atoms with E-state index in [0.717, 1.165) is 24.6 Å². The Morgan fingerprint density at radius 3 is 3.13 bits per heavy atom. The van der Waals surface area contributed by atoms with Gasteiger partial charge in [-0.05, 0) is 6.42 Å². The van der Waals surface area contributed by atoms with Crippen LogP contribution in [-0.4, -0.2) is 34.4 Å². The fourth-order valence-electron chi connectivity index (χ4n) is 1.69. The van der Waals surface area contributed by atoms with E-state index in [1.165, 1.54) is 18.5 Å². The van der Waals surface area contributed by atoms with E-state index in [4.69, 9.17) is 5.73 Å². The molecule has 0 saturated carbocycles. The van der Waals surface area contributed by atoms with Crippen LogP contribution in [0.4, 0.5) is 11.1 Å². The highest BCUT2D eigenvalue weighted by Gasteiger charge is 2.25. The van der Waals surface area contributed by atoms with Crippen molar-refractivity contribution in [2.24, 2.45) is 0 Å². The van der Waals surface area contributed by atoms with Crippen molar-refractivity contribution in [3.05, 3.63) is 0 Å². The van der Waals surface area contributed by atoms with Gasteiger partial charge in [-0.15, -0.1) is 0 Å². The number of nitrogen functional groups attached to an aromatic ring is 1. The number of hydrogen-bond acceptors (Lipinski definition) is 6. The van der Waals surface area contributed by atoms with Crippen LogP contribution in [0.1, 0.15) is 13.3 Å². The molecule has 2 rings (SSSR count). The molecule has 0 bridgehead atoms. The summed E-state index contributed by atoms with van der Waals surface area (Å²) in [5.74, 6) is 0.330. The minimum Gasteiger partial charge on any atom is -0.367 e. The largest absolute Gasteiger partial charge is 0.367 e. The molecule has 2 heterocycles. The van der Waals surface area contributed by atoms with Crippen molar-refractivity contribution in [1.29, 1.82) is 0 Å². The fourth-order valence-corrected chi connectivity index (χ4v) is 2.33. The van der Waals surface area contributed by atoms with Crippen LogP contribution in [0.25, 0.3) is 0 Å². The third kappa shape index (κ3) is 2.35. The van der Waals surface area contributed by atoms with E-state index in [0.29, 0.717) is 5.95 Å². The third-order valence-electron chi connectivity index (χ3n) is 2.30. The number of hydrogen-bond donors (Lipinski definition) is 2. The van der Waals surface area contributed by atoms with E-state index < -0.39 is 0 Å². The quantitative estimate of drug-likeness (QED) is 0.733. The van der Waals surface area contributed by atoms with Gasteiger partial charge in [0.15, 0.2) is 0 Å². The highest BCUT2D eigenvalue weighted by Crippen LogP contribution is 2.22. The zero-order valence-electron chi connectivity index (χ0n) is 8.43. The normalized spacial score (nSPS) is 20.6. The summed E-state index contributed by atoms with van der Waals surface area (Å²) < 4.78 is 3.93. The Kier molecular flexibility index (Phi) is 2.72. The number of rotatable bonds is 2. The lowest BCUT2D eigenvalue weighted by molar-refractivity contribution is -0.119. The molecule has 1 unspecified atom stereocenters. The fraction of sp³-hybridized carbons (Fsp3) is 0.625. The van der Waals surface area contributed by atoms with Crippen molar-refractivity contribution in [2.75, 3.05) is 23.7 Å². The Morgan fingerprint density at radius 2 is 2.53 bits per heavy atom. The van der Waals surface area contributed by atoms with Gasteiger partial charge in [0.1, 0.15) is 0 Å². The van der Waals surface area contributed by atoms with Crippen LogP contribution in [-0.2, 0) is 4.79 Å². The van der Waals surface area contributed by atoms with Crippen molar-refractivity contribution < 1.29 is 4.79 Å². The second-order valence-electron chi connectivity index (χ2n) is 3.57. The maximum absolute atomic E-state index is 10.9. The Morgan fingerprint density at radius 1 is 1.73 bits per heavy atom. The van der Waals surface area contributed by atoms with Gasteiger partial charge in [0.05, 0.1) is 0 Å². The molecule has 1 aromatic heterocycles. The van der Waals surface area contributed by atoms with Gasteiger partial charge in [-0.1, -0.05) is 0 Å². The molecule has 15 heavy (non-hydrogen) atoms. The Labute approximate surface area is 91.6 Å². The Hall–Kier alpha value is -1.37. The smallest absolute Gasteiger partial charge is 0.233 e. The van der Waals surface area contributed by atoms with Crippen molar-refractivity contribution in [1.82, 2.24) is 14.7 Å². The second kappa shape index (κ2) is 4.01. The SMILES string of the molecule is CC(=O)NC1CCN(c2nc(N)ns2)C1. The molecule has 1 amide bonds. The lowest BCUT2D eigenvalue weighted by Gasteiger charge is -2.14. The van der Waals surface area contributed by atoms with E-state index in [1.54, 1.807) is 0 Å². The van der Waals surface area contributed by atoms with Gasteiger partial charge in [0, 0.05) is 37.6 Å². The van der Waals surface area contributed by atoms with E-state index in [-0.39, 0.29) is 11.9 Å². The van der Waals surface area contributed by atoms with E-state index in [2.05, 4.69) is 19.6 Å². The van der Waals surface area contributed by atoms with E-state index in [1.807, 2.05) is 0 Å². The maximum atomic E-state index is 10.9. The molecule has 0 spiro atoms. The van der Waals surface area contributed by atoms with Crippen LogP contribution in [0.2, 0.25) is 0 Å². The molecule has 0 aromatic carbocycles. The molecule has 6 nitrogen and oxygen atoms in total. The van der Waals surface area contributed by atoms with Crippen LogP contribution >= 0.6 is 11.5 Å². The molecule has 1 saturated heterocycles. The number of nitrogens with one attached hydrogen (secondary N) is 1. The summed E-state index contributed by atoms with van der Waals surface area (Å²) in [6.45, 7) is 3.21. The summed E-state index contributed by atoms with van der Waals surface area (Å²) >= 11 is 1.29. The lowest BCUT2D eigenvalue weighted by atomic mass is 10.3. The van der Waals surface area contributed by atoms with Crippen LogP contribution in [0, 0.1) is 0 Å². The Balaban J connectivity index is 1.95. The predicted molar refractivity (Wildman–Crippen MR) is 58.8 cm³/mol.